The van der Waals surface area contributed by atoms with Gasteiger partial charge in [0.2, 0.25) is 0 Å². The predicted octanol–water partition coefficient (Wildman–Crippen LogP) is 2.14. The summed E-state index contributed by atoms with van der Waals surface area (Å²) < 4.78 is 10.5. The molecule has 0 saturated heterocycles. The predicted molar refractivity (Wildman–Crippen MR) is 52.3 cm³/mol. The lowest BCUT2D eigenvalue weighted by Gasteiger charge is -1.96. The molecule has 0 aliphatic heterocycles. The lowest BCUT2D eigenvalue weighted by molar-refractivity contribution is 0.386. The van der Waals surface area contributed by atoms with Crippen LogP contribution in [0.25, 0.3) is 6.08 Å². The molecule has 1 aromatic rings. The molecule has 0 unspecified atom stereocenters. The second kappa shape index (κ2) is 3.88. The summed E-state index contributed by atoms with van der Waals surface area (Å²) in [4.78, 5) is 17.1. The molecule has 0 amide bonds. The van der Waals surface area contributed by atoms with Crippen LogP contribution in [-0.4, -0.2) is 9.79 Å². The first-order valence-corrected chi connectivity index (χ1v) is 5.47. The molecule has 0 bridgehead atoms. The summed E-state index contributed by atoms with van der Waals surface area (Å²) in [5, 5.41) is 0. The Morgan fingerprint density at radius 1 is 1.23 bits per heavy atom. The van der Waals surface area contributed by atoms with E-state index in [0.717, 1.165) is 16.9 Å². The monoisotopic (exact) mass is 198 g/mol. The van der Waals surface area contributed by atoms with Crippen molar-refractivity contribution in [1.82, 2.24) is 0 Å². The first-order chi connectivity index (χ1) is 5.97. The number of benzene rings is 1. The van der Waals surface area contributed by atoms with Gasteiger partial charge in [0, 0.05) is 5.82 Å². The van der Waals surface area contributed by atoms with Crippen LogP contribution in [0.3, 0.4) is 0 Å². The lowest BCUT2D eigenvalue weighted by Crippen LogP contribution is -1.74. The molecule has 1 aromatic carbocycles. The average Bonchev–Trinajstić information content (AvgIpc) is 2.02. The van der Waals surface area contributed by atoms with E-state index in [1.807, 2.05) is 31.2 Å². The Kier molecular flexibility index (Phi) is 3.04. The summed E-state index contributed by atoms with van der Waals surface area (Å²) in [6.07, 6.45) is 1.42. The standard InChI is InChI=1S/C9H11O3P/c1-8-2-4-9(5-3-8)6-7-13(10,11)12/h2-7H,1H3,(H2,10,11,12). The maximum atomic E-state index is 10.5. The fourth-order valence-corrected chi connectivity index (χ4v) is 1.23. The molecule has 0 radical (unpaired) electrons. The molecular formula is C9H11O3P. The molecule has 0 heterocycles. The Morgan fingerprint density at radius 2 is 1.77 bits per heavy atom. The third-order valence-electron chi connectivity index (χ3n) is 1.54. The first kappa shape index (κ1) is 10.2. The highest BCUT2D eigenvalue weighted by Gasteiger charge is 2.04. The van der Waals surface area contributed by atoms with Gasteiger partial charge in [0.15, 0.2) is 0 Å². The molecule has 13 heavy (non-hydrogen) atoms. The van der Waals surface area contributed by atoms with Crippen molar-refractivity contribution in [3.63, 3.8) is 0 Å². The number of aryl methyl sites for hydroxylation is 1. The van der Waals surface area contributed by atoms with Crippen LogP contribution in [-0.2, 0) is 4.57 Å². The Bertz CT molecular complexity index is 348. The van der Waals surface area contributed by atoms with E-state index in [2.05, 4.69) is 0 Å². The maximum absolute atomic E-state index is 10.5. The largest absolute Gasteiger partial charge is 0.349 e. The zero-order valence-electron chi connectivity index (χ0n) is 7.21. The van der Waals surface area contributed by atoms with Crippen molar-refractivity contribution in [3.05, 3.63) is 41.2 Å². The van der Waals surface area contributed by atoms with Crippen LogP contribution >= 0.6 is 7.60 Å². The van der Waals surface area contributed by atoms with Crippen LogP contribution in [0.2, 0.25) is 0 Å². The molecule has 2 N–H and O–H groups in total. The molecule has 0 aliphatic carbocycles. The van der Waals surface area contributed by atoms with Gasteiger partial charge in [0.05, 0.1) is 0 Å². The molecule has 4 heteroatoms. The summed E-state index contributed by atoms with van der Waals surface area (Å²) in [5.74, 6) is 0.900. The highest BCUT2D eigenvalue weighted by molar-refractivity contribution is 7.55. The fraction of sp³-hybridized carbons (Fsp3) is 0.111. The summed E-state index contributed by atoms with van der Waals surface area (Å²) in [6.45, 7) is 1.95. The topological polar surface area (TPSA) is 57.5 Å². The van der Waals surface area contributed by atoms with Crippen molar-refractivity contribution in [3.8, 4) is 0 Å². The summed E-state index contributed by atoms with van der Waals surface area (Å²) in [7, 11) is -4.02. The highest BCUT2D eigenvalue weighted by Crippen LogP contribution is 2.36. The van der Waals surface area contributed by atoms with Crippen molar-refractivity contribution in [2.45, 2.75) is 6.92 Å². The van der Waals surface area contributed by atoms with Gasteiger partial charge < -0.3 is 9.79 Å². The van der Waals surface area contributed by atoms with Crippen molar-refractivity contribution in [1.29, 1.82) is 0 Å². The normalized spacial score (nSPS) is 12.2. The Morgan fingerprint density at radius 3 is 2.23 bits per heavy atom. The minimum absolute atomic E-state index is 0.786. The van der Waals surface area contributed by atoms with Gasteiger partial charge in [-0.2, -0.15) is 0 Å². The van der Waals surface area contributed by atoms with Crippen LogP contribution < -0.4 is 0 Å². The van der Waals surface area contributed by atoms with E-state index in [-0.39, 0.29) is 0 Å². The summed E-state index contributed by atoms with van der Waals surface area (Å²) in [5.41, 5.74) is 1.90. The van der Waals surface area contributed by atoms with Gasteiger partial charge in [-0.15, -0.1) is 0 Å². The molecule has 3 nitrogen and oxygen atoms in total. The maximum Gasteiger partial charge on any atom is 0.349 e. The van der Waals surface area contributed by atoms with Gasteiger partial charge >= 0.3 is 7.60 Å². The van der Waals surface area contributed by atoms with Gasteiger partial charge in [0.1, 0.15) is 0 Å². The minimum Gasteiger partial charge on any atom is -0.321 e. The Balaban J connectivity index is 2.81. The Hall–Kier alpha value is -0.890. The Labute approximate surface area is 76.9 Å². The van der Waals surface area contributed by atoms with Gasteiger partial charge in [-0.1, -0.05) is 29.8 Å². The van der Waals surface area contributed by atoms with Crippen molar-refractivity contribution >= 4 is 13.7 Å². The lowest BCUT2D eigenvalue weighted by atomic mass is 10.2. The number of hydrogen-bond acceptors (Lipinski definition) is 1. The van der Waals surface area contributed by atoms with Crippen LogP contribution in [0.5, 0.6) is 0 Å². The second-order valence-electron chi connectivity index (χ2n) is 2.82. The van der Waals surface area contributed by atoms with E-state index < -0.39 is 7.60 Å². The molecule has 0 aliphatic rings. The zero-order valence-corrected chi connectivity index (χ0v) is 8.11. The van der Waals surface area contributed by atoms with E-state index in [0.29, 0.717) is 0 Å². The number of rotatable bonds is 2. The molecule has 0 atom stereocenters. The minimum atomic E-state index is -4.02. The third kappa shape index (κ3) is 4.04. The van der Waals surface area contributed by atoms with Gasteiger partial charge in [-0.3, -0.25) is 4.57 Å². The summed E-state index contributed by atoms with van der Waals surface area (Å²) >= 11 is 0. The van der Waals surface area contributed by atoms with Gasteiger partial charge in [0.25, 0.3) is 0 Å². The SMILES string of the molecule is Cc1ccc(C=CP(=O)(O)O)cc1. The molecular weight excluding hydrogens is 187 g/mol. The van der Waals surface area contributed by atoms with E-state index in [1.54, 1.807) is 0 Å². The average molecular weight is 198 g/mol. The number of hydrogen-bond donors (Lipinski definition) is 2. The molecule has 0 fully saturated rings. The fourth-order valence-electron chi connectivity index (χ4n) is 0.861. The van der Waals surface area contributed by atoms with Gasteiger partial charge in [-0.25, -0.2) is 0 Å². The zero-order chi connectivity index (χ0) is 9.90. The van der Waals surface area contributed by atoms with Crippen LogP contribution in [0.4, 0.5) is 0 Å². The van der Waals surface area contributed by atoms with Crippen LogP contribution in [0.15, 0.2) is 30.1 Å². The van der Waals surface area contributed by atoms with Gasteiger partial charge in [-0.05, 0) is 18.6 Å². The molecule has 1 rings (SSSR count). The highest BCUT2D eigenvalue weighted by atomic mass is 31.2. The van der Waals surface area contributed by atoms with Crippen molar-refractivity contribution in [2.24, 2.45) is 0 Å². The van der Waals surface area contributed by atoms with E-state index in [1.165, 1.54) is 6.08 Å². The molecule has 0 saturated carbocycles. The van der Waals surface area contributed by atoms with E-state index >= 15 is 0 Å². The van der Waals surface area contributed by atoms with E-state index in [9.17, 15) is 4.57 Å². The van der Waals surface area contributed by atoms with Crippen LogP contribution in [0.1, 0.15) is 11.1 Å². The molecule has 0 aromatic heterocycles. The third-order valence-corrected chi connectivity index (χ3v) is 2.08. The quantitative estimate of drug-likeness (QED) is 0.716. The molecule has 0 spiro atoms. The second-order valence-corrected chi connectivity index (χ2v) is 4.29. The first-order valence-electron chi connectivity index (χ1n) is 3.78. The van der Waals surface area contributed by atoms with E-state index in [4.69, 9.17) is 9.79 Å². The van der Waals surface area contributed by atoms with Crippen molar-refractivity contribution in [2.75, 3.05) is 0 Å². The smallest absolute Gasteiger partial charge is 0.321 e. The summed E-state index contributed by atoms with van der Waals surface area (Å²) in [6, 6.07) is 7.39. The van der Waals surface area contributed by atoms with Crippen molar-refractivity contribution < 1.29 is 14.4 Å². The van der Waals surface area contributed by atoms with Crippen LogP contribution in [0, 0.1) is 6.92 Å². The molecule has 70 valence electrons.